The van der Waals surface area contributed by atoms with Gasteiger partial charge in [0.1, 0.15) is 5.75 Å². The second-order valence-electron chi connectivity index (χ2n) is 3.73. The summed E-state index contributed by atoms with van der Waals surface area (Å²) in [6.45, 7) is 5.94. The molecule has 0 aliphatic carbocycles. The van der Waals surface area contributed by atoms with E-state index in [-0.39, 0.29) is 5.75 Å². The molecular weight excluding hydrogens is 220 g/mol. The van der Waals surface area contributed by atoms with E-state index < -0.39 is 11.6 Å². The van der Waals surface area contributed by atoms with Gasteiger partial charge in [-0.05, 0) is 38.5 Å². The number of rotatable bonds is 5. The van der Waals surface area contributed by atoms with Gasteiger partial charge in [0.2, 0.25) is 0 Å². The first-order chi connectivity index (χ1) is 8.04. The Morgan fingerprint density at radius 1 is 1.24 bits per heavy atom. The second kappa shape index (κ2) is 5.68. The van der Waals surface area contributed by atoms with E-state index >= 15 is 0 Å². The van der Waals surface area contributed by atoms with E-state index in [0.717, 1.165) is 0 Å². The van der Waals surface area contributed by atoms with Crippen LogP contribution in [0.25, 0.3) is 0 Å². The Kier molecular flexibility index (Phi) is 4.52. The van der Waals surface area contributed by atoms with Crippen molar-refractivity contribution in [3.8, 4) is 5.75 Å². The number of ether oxygens (including phenoxy) is 2. The minimum atomic E-state index is -1.13. The van der Waals surface area contributed by atoms with Crippen molar-refractivity contribution in [1.29, 1.82) is 0 Å². The fourth-order valence-electron chi connectivity index (χ4n) is 1.60. The maximum Gasteiger partial charge on any atom is 0.342 e. The topological polar surface area (TPSA) is 55.8 Å². The van der Waals surface area contributed by atoms with Gasteiger partial charge in [0, 0.05) is 6.61 Å². The van der Waals surface area contributed by atoms with E-state index in [1.807, 2.05) is 6.92 Å². The number of aromatic hydroxyl groups is 1. The molecule has 94 valence electrons. The van der Waals surface area contributed by atoms with Crippen molar-refractivity contribution in [1.82, 2.24) is 0 Å². The SMILES string of the molecule is CCOC(=O)C(C)(OCC)c1ccc(O)cc1. The number of phenolic OH excluding ortho intramolecular Hbond substituents is 1. The molecular formula is C13H18O4. The lowest BCUT2D eigenvalue weighted by molar-refractivity contribution is -0.171. The molecule has 0 bridgehead atoms. The van der Waals surface area contributed by atoms with E-state index in [9.17, 15) is 9.90 Å². The number of phenols is 1. The van der Waals surface area contributed by atoms with E-state index in [4.69, 9.17) is 9.47 Å². The van der Waals surface area contributed by atoms with Gasteiger partial charge in [-0.15, -0.1) is 0 Å². The lowest BCUT2D eigenvalue weighted by atomic mass is 9.95. The summed E-state index contributed by atoms with van der Waals surface area (Å²) >= 11 is 0. The van der Waals surface area contributed by atoms with Gasteiger partial charge in [0.25, 0.3) is 0 Å². The molecule has 0 aromatic heterocycles. The van der Waals surface area contributed by atoms with Crippen molar-refractivity contribution in [2.75, 3.05) is 13.2 Å². The van der Waals surface area contributed by atoms with E-state index in [0.29, 0.717) is 18.8 Å². The van der Waals surface area contributed by atoms with Crippen LogP contribution in [0.15, 0.2) is 24.3 Å². The van der Waals surface area contributed by atoms with Crippen molar-refractivity contribution < 1.29 is 19.4 Å². The number of benzene rings is 1. The number of carbonyl (C=O) groups is 1. The van der Waals surface area contributed by atoms with E-state index in [1.54, 1.807) is 26.0 Å². The molecule has 0 radical (unpaired) electrons. The monoisotopic (exact) mass is 238 g/mol. The van der Waals surface area contributed by atoms with Crippen LogP contribution in [0.5, 0.6) is 5.75 Å². The Morgan fingerprint density at radius 3 is 2.29 bits per heavy atom. The molecule has 0 fully saturated rings. The predicted molar refractivity (Wildman–Crippen MR) is 63.7 cm³/mol. The molecule has 1 N–H and O–H groups in total. The Balaban J connectivity index is 3.06. The molecule has 0 aliphatic rings. The highest BCUT2D eigenvalue weighted by Crippen LogP contribution is 2.28. The minimum absolute atomic E-state index is 0.149. The lowest BCUT2D eigenvalue weighted by Crippen LogP contribution is -2.37. The van der Waals surface area contributed by atoms with Gasteiger partial charge in [-0.25, -0.2) is 4.79 Å². The smallest absolute Gasteiger partial charge is 0.342 e. The summed E-state index contributed by atoms with van der Waals surface area (Å²) in [7, 11) is 0. The van der Waals surface area contributed by atoms with Gasteiger partial charge in [0.15, 0.2) is 5.60 Å². The molecule has 0 spiro atoms. The zero-order valence-corrected chi connectivity index (χ0v) is 10.4. The largest absolute Gasteiger partial charge is 0.508 e. The Hall–Kier alpha value is -1.55. The lowest BCUT2D eigenvalue weighted by Gasteiger charge is -2.27. The second-order valence-corrected chi connectivity index (χ2v) is 3.73. The molecule has 0 saturated heterocycles. The fourth-order valence-corrected chi connectivity index (χ4v) is 1.60. The number of hydrogen-bond acceptors (Lipinski definition) is 4. The van der Waals surface area contributed by atoms with Crippen molar-refractivity contribution >= 4 is 5.97 Å². The minimum Gasteiger partial charge on any atom is -0.508 e. The molecule has 1 unspecified atom stereocenters. The molecule has 0 saturated carbocycles. The summed E-state index contributed by atoms with van der Waals surface area (Å²) in [4.78, 5) is 11.9. The molecule has 1 atom stereocenters. The normalized spacial score (nSPS) is 14.1. The van der Waals surface area contributed by atoms with Gasteiger partial charge in [-0.3, -0.25) is 0 Å². The summed E-state index contributed by atoms with van der Waals surface area (Å²) in [5.41, 5.74) is -0.464. The summed E-state index contributed by atoms with van der Waals surface area (Å²) in [6, 6.07) is 6.35. The standard InChI is InChI=1S/C13H18O4/c1-4-16-12(15)13(3,17-5-2)10-6-8-11(14)9-7-10/h6-9,14H,4-5H2,1-3H3. The third-order valence-electron chi connectivity index (χ3n) is 2.52. The average Bonchev–Trinajstić information content (AvgIpc) is 2.30. The van der Waals surface area contributed by atoms with Gasteiger partial charge < -0.3 is 14.6 Å². The third-order valence-corrected chi connectivity index (χ3v) is 2.52. The van der Waals surface area contributed by atoms with Crippen LogP contribution in [0.2, 0.25) is 0 Å². The van der Waals surface area contributed by atoms with E-state index in [1.165, 1.54) is 12.1 Å². The summed E-state index contributed by atoms with van der Waals surface area (Å²) in [6.07, 6.45) is 0. The van der Waals surface area contributed by atoms with Crippen molar-refractivity contribution in [2.45, 2.75) is 26.4 Å². The van der Waals surface area contributed by atoms with Gasteiger partial charge in [0.05, 0.1) is 6.61 Å². The molecule has 17 heavy (non-hydrogen) atoms. The van der Waals surface area contributed by atoms with Crippen LogP contribution in [0, 0.1) is 0 Å². The molecule has 0 aliphatic heterocycles. The fraction of sp³-hybridized carbons (Fsp3) is 0.462. The molecule has 4 heteroatoms. The van der Waals surface area contributed by atoms with Crippen LogP contribution >= 0.6 is 0 Å². The van der Waals surface area contributed by atoms with Crippen molar-refractivity contribution in [3.63, 3.8) is 0 Å². The van der Waals surface area contributed by atoms with Crippen LogP contribution in [0.4, 0.5) is 0 Å². The molecule has 4 nitrogen and oxygen atoms in total. The van der Waals surface area contributed by atoms with E-state index in [2.05, 4.69) is 0 Å². The highest BCUT2D eigenvalue weighted by molar-refractivity contribution is 5.81. The van der Waals surface area contributed by atoms with Crippen molar-refractivity contribution in [3.05, 3.63) is 29.8 Å². The average molecular weight is 238 g/mol. The predicted octanol–water partition coefficient (Wildman–Crippen LogP) is 2.21. The quantitative estimate of drug-likeness (QED) is 0.799. The first-order valence-corrected chi connectivity index (χ1v) is 5.65. The van der Waals surface area contributed by atoms with Gasteiger partial charge >= 0.3 is 5.97 Å². The van der Waals surface area contributed by atoms with Gasteiger partial charge in [-0.1, -0.05) is 12.1 Å². The Morgan fingerprint density at radius 2 is 1.82 bits per heavy atom. The molecule has 0 heterocycles. The number of hydrogen-bond donors (Lipinski definition) is 1. The molecule has 1 aromatic carbocycles. The Bertz CT molecular complexity index is 372. The molecule has 1 aromatic rings. The Labute approximate surface area is 101 Å². The maximum absolute atomic E-state index is 11.9. The zero-order valence-electron chi connectivity index (χ0n) is 10.4. The van der Waals surface area contributed by atoms with Crippen LogP contribution in [-0.2, 0) is 19.9 Å². The third kappa shape index (κ3) is 2.97. The molecule has 0 amide bonds. The number of carbonyl (C=O) groups excluding carboxylic acids is 1. The number of esters is 1. The zero-order chi connectivity index (χ0) is 12.9. The highest BCUT2D eigenvalue weighted by Gasteiger charge is 2.37. The summed E-state index contributed by atoms with van der Waals surface area (Å²) in [5, 5.41) is 9.24. The van der Waals surface area contributed by atoms with Crippen LogP contribution in [0.3, 0.4) is 0 Å². The first kappa shape index (κ1) is 13.5. The first-order valence-electron chi connectivity index (χ1n) is 5.65. The van der Waals surface area contributed by atoms with Crippen LogP contribution < -0.4 is 0 Å². The van der Waals surface area contributed by atoms with Crippen LogP contribution in [-0.4, -0.2) is 24.3 Å². The highest BCUT2D eigenvalue weighted by atomic mass is 16.6. The van der Waals surface area contributed by atoms with Crippen molar-refractivity contribution in [2.24, 2.45) is 0 Å². The van der Waals surface area contributed by atoms with Gasteiger partial charge in [-0.2, -0.15) is 0 Å². The summed E-state index contributed by atoms with van der Waals surface area (Å²) in [5.74, 6) is -0.274. The summed E-state index contributed by atoms with van der Waals surface area (Å²) < 4.78 is 10.5. The van der Waals surface area contributed by atoms with Crippen LogP contribution in [0.1, 0.15) is 26.3 Å². The molecule has 1 rings (SSSR count). The maximum atomic E-state index is 11.9.